The lowest BCUT2D eigenvalue weighted by atomic mass is 10.1. The molecule has 0 atom stereocenters. The maximum absolute atomic E-state index is 12.7. The van der Waals surface area contributed by atoms with Gasteiger partial charge in [0.05, 0.1) is 5.56 Å². The average Bonchev–Trinajstić information content (AvgIpc) is 2.18. The van der Waals surface area contributed by atoms with Gasteiger partial charge in [0, 0.05) is 12.2 Å². The molecule has 0 aromatic heterocycles. The summed E-state index contributed by atoms with van der Waals surface area (Å²) in [5.74, 6) is -0.187. The van der Waals surface area contributed by atoms with Crippen LogP contribution in [0, 0.1) is 0 Å². The van der Waals surface area contributed by atoms with Crippen molar-refractivity contribution < 1.29 is 17.9 Å². The first-order chi connectivity index (χ1) is 7.80. The zero-order valence-electron chi connectivity index (χ0n) is 10.5. The van der Waals surface area contributed by atoms with E-state index < -0.39 is 11.7 Å². The second-order valence-electron chi connectivity index (χ2n) is 3.91. The van der Waals surface area contributed by atoms with Gasteiger partial charge in [-0.2, -0.15) is 13.2 Å². The number of halogens is 5. The first kappa shape index (κ1) is 20.5. The van der Waals surface area contributed by atoms with Gasteiger partial charge in [-0.1, -0.05) is 0 Å². The van der Waals surface area contributed by atoms with Gasteiger partial charge in [0.15, 0.2) is 0 Å². The van der Waals surface area contributed by atoms with Crippen molar-refractivity contribution in [3.8, 4) is 5.75 Å². The third kappa shape index (κ3) is 6.75. The molecule has 0 saturated heterocycles. The molecular formula is C11H17Cl2F3N2O. The number of nitrogen functional groups attached to an aromatic ring is 1. The molecule has 0 bridgehead atoms. The standard InChI is InChI=1S/C11H15F3N2O.2ClH/c1-16(2)5-6-17-10-4-3-8(15)7-9(10)11(12,13)14;;/h3-4,7H,5-6,15H2,1-2H3;2*1H. The molecule has 0 radical (unpaired) electrons. The topological polar surface area (TPSA) is 38.5 Å². The number of benzene rings is 1. The van der Waals surface area contributed by atoms with Crippen molar-refractivity contribution in [2.75, 3.05) is 33.0 Å². The molecule has 0 aliphatic rings. The molecule has 0 fully saturated rings. The van der Waals surface area contributed by atoms with Crippen LogP contribution in [0.5, 0.6) is 5.75 Å². The van der Waals surface area contributed by atoms with Crippen molar-refractivity contribution in [1.29, 1.82) is 0 Å². The molecule has 1 aromatic carbocycles. The molecule has 1 rings (SSSR count). The number of nitrogens with zero attached hydrogens (tertiary/aromatic N) is 1. The van der Waals surface area contributed by atoms with Crippen LogP contribution in [0.25, 0.3) is 0 Å². The van der Waals surface area contributed by atoms with E-state index in [9.17, 15) is 13.2 Å². The van der Waals surface area contributed by atoms with Crippen LogP contribution < -0.4 is 10.5 Å². The highest BCUT2D eigenvalue weighted by Gasteiger charge is 2.34. The first-order valence-corrected chi connectivity index (χ1v) is 5.05. The minimum atomic E-state index is -4.46. The average molecular weight is 321 g/mol. The summed E-state index contributed by atoms with van der Waals surface area (Å²) in [7, 11) is 3.63. The Bertz CT molecular complexity index is 387. The second-order valence-corrected chi connectivity index (χ2v) is 3.91. The lowest BCUT2D eigenvalue weighted by Crippen LogP contribution is -2.20. The summed E-state index contributed by atoms with van der Waals surface area (Å²) < 4.78 is 43.1. The monoisotopic (exact) mass is 320 g/mol. The van der Waals surface area contributed by atoms with Crippen LogP contribution >= 0.6 is 24.8 Å². The number of hydrogen-bond acceptors (Lipinski definition) is 3. The van der Waals surface area contributed by atoms with E-state index in [1.54, 1.807) is 0 Å². The van der Waals surface area contributed by atoms with E-state index in [4.69, 9.17) is 10.5 Å². The van der Waals surface area contributed by atoms with E-state index in [1.165, 1.54) is 12.1 Å². The summed E-state index contributed by atoms with van der Waals surface area (Å²) in [6.45, 7) is 0.738. The lowest BCUT2D eigenvalue weighted by Gasteiger charge is -2.16. The summed E-state index contributed by atoms with van der Waals surface area (Å²) in [6.07, 6.45) is -4.46. The largest absolute Gasteiger partial charge is 0.492 e. The quantitative estimate of drug-likeness (QED) is 0.866. The summed E-state index contributed by atoms with van der Waals surface area (Å²) in [5, 5.41) is 0. The minimum Gasteiger partial charge on any atom is -0.492 e. The molecule has 0 amide bonds. The number of hydrogen-bond donors (Lipinski definition) is 1. The number of nitrogens with two attached hydrogens (primary N) is 1. The lowest BCUT2D eigenvalue weighted by molar-refractivity contribution is -0.138. The third-order valence-electron chi connectivity index (χ3n) is 2.11. The predicted octanol–water partition coefficient (Wildman–Crippen LogP) is 3.07. The van der Waals surface area contributed by atoms with Crippen LogP contribution in [0.2, 0.25) is 0 Å². The van der Waals surface area contributed by atoms with Crippen LogP contribution in [-0.4, -0.2) is 32.1 Å². The van der Waals surface area contributed by atoms with E-state index in [2.05, 4.69) is 0 Å². The predicted molar refractivity (Wildman–Crippen MR) is 74.4 cm³/mol. The normalized spacial score (nSPS) is 10.6. The summed E-state index contributed by atoms with van der Waals surface area (Å²) >= 11 is 0. The molecule has 3 nitrogen and oxygen atoms in total. The van der Waals surface area contributed by atoms with Crippen LogP contribution in [0.1, 0.15) is 5.56 Å². The van der Waals surface area contributed by atoms with Crippen molar-refractivity contribution in [2.24, 2.45) is 0 Å². The van der Waals surface area contributed by atoms with Gasteiger partial charge in [-0.05, 0) is 32.3 Å². The third-order valence-corrected chi connectivity index (χ3v) is 2.11. The van der Waals surface area contributed by atoms with E-state index in [-0.39, 0.29) is 42.9 Å². The Labute approximate surface area is 122 Å². The zero-order chi connectivity index (χ0) is 13.1. The van der Waals surface area contributed by atoms with Crippen molar-refractivity contribution in [3.05, 3.63) is 23.8 Å². The van der Waals surface area contributed by atoms with Crippen LogP contribution in [0.4, 0.5) is 18.9 Å². The van der Waals surface area contributed by atoms with Crippen molar-refractivity contribution in [1.82, 2.24) is 4.90 Å². The molecule has 2 N–H and O–H groups in total. The van der Waals surface area contributed by atoms with Gasteiger partial charge in [-0.3, -0.25) is 0 Å². The van der Waals surface area contributed by atoms with Crippen molar-refractivity contribution >= 4 is 30.5 Å². The van der Waals surface area contributed by atoms with Crippen LogP contribution in [0.15, 0.2) is 18.2 Å². The second kappa shape index (κ2) is 8.35. The van der Waals surface area contributed by atoms with Gasteiger partial charge >= 0.3 is 6.18 Å². The molecule has 0 spiro atoms. The molecule has 0 heterocycles. The highest BCUT2D eigenvalue weighted by molar-refractivity contribution is 5.85. The van der Waals surface area contributed by atoms with Crippen molar-refractivity contribution in [3.63, 3.8) is 0 Å². The van der Waals surface area contributed by atoms with Crippen LogP contribution in [-0.2, 0) is 6.18 Å². The molecule has 19 heavy (non-hydrogen) atoms. The number of likely N-dealkylation sites (N-methyl/N-ethyl adjacent to an activating group) is 1. The molecule has 0 unspecified atom stereocenters. The smallest absolute Gasteiger partial charge is 0.420 e. The molecule has 112 valence electrons. The number of anilines is 1. The van der Waals surface area contributed by atoms with Gasteiger partial charge in [0.25, 0.3) is 0 Å². The zero-order valence-corrected chi connectivity index (χ0v) is 12.2. The summed E-state index contributed by atoms with van der Waals surface area (Å²) in [5.41, 5.74) is 4.57. The number of ether oxygens (including phenoxy) is 1. The van der Waals surface area contributed by atoms with E-state index in [1.807, 2.05) is 19.0 Å². The van der Waals surface area contributed by atoms with E-state index in [0.29, 0.717) is 6.54 Å². The Morgan fingerprint density at radius 2 is 1.79 bits per heavy atom. The van der Waals surface area contributed by atoms with Gasteiger partial charge in [-0.15, -0.1) is 24.8 Å². The fourth-order valence-corrected chi connectivity index (χ4v) is 1.23. The Hall–Kier alpha value is -0.850. The van der Waals surface area contributed by atoms with Crippen molar-refractivity contribution in [2.45, 2.75) is 6.18 Å². The Kier molecular flexibility index (Phi) is 8.99. The number of alkyl halides is 3. The first-order valence-electron chi connectivity index (χ1n) is 5.05. The number of rotatable bonds is 4. The highest BCUT2D eigenvalue weighted by Crippen LogP contribution is 2.37. The van der Waals surface area contributed by atoms with Gasteiger partial charge < -0.3 is 15.4 Å². The Morgan fingerprint density at radius 3 is 2.26 bits per heavy atom. The van der Waals surface area contributed by atoms with Gasteiger partial charge in [-0.25, -0.2) is 0 Å². The molecule has 0 saturated carbocycles. The van der Waals surface area contributed by atoms with Crippen LogP contribution in [0.3, 0.4) is 0 Å². The fraction of sp³-hybridized carbons (Fsp3) is 0.455. The molecule has 0 aliphatic heterocycles. The SMILES string of the molecule is CN(C)CCOc1ccc(N)cc1C(F)(F)F.Cl.Cl. The minimum absolute atomic E-state index is 0. The molecule has 0 aliphatic carbocycles. The summed E-state index contributed by atoms with van der Waals surface area (Å²) in [4.78, 5) is 1.82. The Balaban J connectivity index is 0. The maximum atomic E-state index is 12.7. The Morgan fingerprint density at radius 1 is 1.21 bits per heavy atom. The highest BCUT2D eigenvalue weighted by atomic mass is 35.5. The fourth-order valence-electron chi connectivity index (χ4n) is 1.23. The maximum Gasteiger partial charge on any atom is 0.420 e. The molecule has 8 heteroatoms. The molecule has 1 aromatic rings. The molecular weight excluding hydrogens is 304 g/mol. The van der Waals surface area contributed by atoms with Gasteiger partial charge in [0.2, 0.25) is 0 Å². The van der Waals surface area contributed by atoms with E-state index >= 15 is 0 Å². The summed E-state index contributed by atoms with van der Waals surface area (Å²) in [6, 6.07) is 3.51. The van der Waals surface area contributed by atoms with Gasteiger partial charge in [0.1, 0.15) is 12.4 Å². The van der Waals surface area contributed by atoms with E-state index in [0.717, 1.165) is 6.07 Å².